The normalized spacial score (nSPS) is 8.71. The molecule has 0 saturated heterocycles. The summed E-state index contributed by atoms with van der Waals surface area (Å²) in [5.74, 6) is 0. The SMILES string of the molecule is CCCC.COC.c1ccc2ccccc2c1. The Morgan fingerprint density at radius 2 is 0.941 bits per heavy atom. The molecule has 0 amide bonds. The van der Waals surface area contributed by atoms with E-state index in [1.165, 1.54) is 23.6 Å². The van der Waals surface area contributed by atoms with Crippen LogP contribution < -0.4 is 0 Å². The minimum absolute atomic E-state index is 1.31. The fourth-order valence-electron chi connectivity index (χ4n) is 1.13. The average Bonchev–Trinajstić information content (AvgIpc) is 2.40. The van der Waals surface area contributed by atoms with Gasteiger partial charge in [0.2, 0.25) is 0 Å². The molecule has 2 rings (SSSR count). The smallest absolute Gasteiger partial charge is 0.0351 e. The molecule has 0 N–H and O–H groups in total. The number of fused-ring (bicyclic) bond motifs is 1. The number of hydrogen-bond donors (Lipinski definition) is 0. The minimum atomic E-state index is 1.31. The van der Waals surface area contributed by atoms with Gasteiger partial charge in [0.15, 0.2) is 0 Å². The standard InChI is InChI=1S/C10H8.C4H10.C2H6O/c1-2-6-10-8-4-3-7-9(10)5-1;1-3-4-2;1-3-2/h1-8H;3-4H2,1-2H3;1-2H3. The molecule has 0 aliphatic carbocycles. The van der Waals surface area contributed by atoms with Crippen molar-refractivity contribution >= 4 is 10.8 Å². The molecule has 0 heterocycles. The lowest BCUT2D eigenvalue weighted by molar-refractivity contribution is 0.277. The third kappa shape index (κ3) is 7.53. The van der Waals surface area contributed by atoms with Gasteiger partial charge < -0.3 is 4.74 Å². The number of ether oxygens (including phenoxy) is 1. The Kier molecular flexibility index (Phi) is 10.3. The van der Waals surface area contributed by atoms with Crippen LogP contribution in [0.4, 0.5) is 0 Å². The van der Waals surface area contributed by atoms with Crippen LogP contribution in [0.25, 0.3) is 10.8 Å². The zero-order valence-corrected chi connectivity index (χ0v) is 11.4. The van der Waals surface area contributed by atoms with Gasteiger partial charge in [0.1, 0.15) is 0 Å². The Labute approximate surface area is 105 Å². The average molecular weight is 232 g/mol. The lowest BCUT2D eigenvalue weighted by atomic mass is 10.1. The topological polar surface area (TPSA) is 9.23 Å². The first-order valence-electron chi connectivity index (χ1n) is 6.14. The highest BCUT2D eigenvalue weighted by atomic mass is 16.4. The summed E-state index contributed by atoms with van der Waals surface area (Å²) in [6.07, 6.45) is 2.64. The van der Waals surface area contributed by atoms with Gasteiger partial charge in [-0.2, -0.15) is 0 Å². The molecule has 2 aromatic rings. The molecule has 2 aromatic carbocycles. The molecule has 0 spiro atoms. The molecule has 0 radical (unpaired) electrons. The summed E-state index contributed by atoms with van der Waals surface area (Å²) in [5.41, 5.74) is 0. The van der Waals surface area contributed by atoms with Gasteiger partial charge in [0, 0.05) is 14.2 Å². The maximum Gasteiger partial charge on any atom is 0.0351 e. The third-order valence-electron chi connectivity index (χ3n) is 2.16. The zero-order chi connectivity index (χ0) is 12.9. The highest BCUT2D eigenvalue weighted by Gasteiger charge is 1.85. The maximum atomic E-state index is 4.25. The summed E-state index contributed by atoms with van der Waals surface area (Å²) in [4.78, 5) is 0. The fraction of sp³-hybridized carbons (Fsp3) is 0.375. The number of methoxy groups -OCH3 is 1. The number of rotatable bonds is 1. The van der Waals surface area contributed by atoms with Crippen LogP contribution in [-0.2, 0) is 4.74 Å². The van der Waals surface area contributed by atoms with E-state index >= 15 is 0 Å². The van der Waals surface area contributed by atoms with Crippen LogP contribution in [0.3, 0.4) is 0 Å². The molecule has 0 aliphatic heterocycles. The number of hydrogen-bond acceptors (Lipinski definition) is 1. The minimum Gasteiger partial charge on any atom is -0.388 e. The lowest BCUT2D eigenvalue weighted by Crippen LogP contribution is -1.67. The van der Waals surface area contributed by atoms with Crippen molar-refractivity contribution in [3.8, 4) is 0 Å². The summed E-state index contributed by atoms with van der Waals surface area (Å²) < 4.78 is 4.25. The van der Waals surface area contributed by atoms with E-state index in [0.717, 1.165) is 0 Å². The van der Waals surface area contributed by atoms with Crippen LogP contribution in [0.1, 0.15) is 26.7 Å². The summed E-state index contributed by atoms with van der Waals surface area (Å²) in [7, 11) is 3.25. The van der Waals surface area contributed by atoms with Crippen molar-refractivity contribution < 1.29 is 4.74 Å². The molecular formula is C16H24O. The molecule has 0 unspecified atom stereocenters. The summed E-state index contributed by atoms with van der Waals surface area (Å²) in [5, 5.41) is 2.62. The van der Waals surface area contributed by atoms with Crippen molar-refractivity contribution in [1.82, 2.24) is 0 Å². The van der Waals surface area contributed by atoms with Gasteiger partial charge in [-0.15, -0.1) is 0 Å². The van der Waals surface area contributed by atoms with Crippen LogP contribution in [0.5, 0.6) is 0 Å². The predicted molar refractivity (Wildman–Crippen MR) is 77.5 cm³/mol. The predicted octanol–water partition coefficient (Wildman–Crippen LogP) is 4.91. The van der Waals surface area contributed by atoms with E-state index in [2.05, 4.69) is 67.1 Å². The zero-order valence-electron chi connectivity index (χ0n) is 11.4. The van der Waals surface area contributed by atoms with E-state index in [1.54, 1.807) is 14.2 Å². The second-order valence-corrected chi connectivity index (χ2v) is 3.76. The van der Waals surface area contributed by atoms with Gasteiger partial charge in [-0.1, -0.05) is 75.2 Å². The van der Waals surface area contributed by atoms with Crippen LogP contribution in [0.15, 0.2) is 48.5 Å². The van der Waals surface area contributed by atoms with E-state index in [-0.39, 0.29) is 0 Å². The van der Waals surface area contributed by atoms with Crippen molar-refractivity contribution in [3.05, 3.63) is 48.5 Å². The highest BCUT2D eigenvalue weighted by Crippen LogP contribution is 2.11. The molecule has 0 bridgehead atoms. The van der Waals surface area contributed by atoms with Gasteiger partial charge in [0.25, 0.3) is 0 Å². The molecule has 0 atom stereocenters. The fourth-order valence-corrected chi connectivity index (χ4v) is 1.13. The summed E-state index contributed by atoms with van der Waals surface area (Å²) in [6.45, 7) is 4.36. The van der Waals surface area contributed by atoms with Gasteiger partial charge in [0.05, 0.1) is 0 Å². The van der Waals surface area contributed by atoms with E-state index in [9.17, 15) is 0 Å². The van der Waals surface area contributed by atoms with Crippen molar-refractivity contribution in [2.24, 2.45) is 0 Å². The van der Waals surface area contributed by atoms with Gasteiger partial charge in [-0.25, -0.2) is 0 Å². The largest absolute Gasteiger partial charge is 0.388 e. The molecule has 1 heteroatoms. The first-order valence-corrected chi connectivity index (χ1v) is 6.14. The van der Waals surface area contributed by atoms with E-state index < -0.39 is 0 Å². The van der Waals surface area contributed by atoms with Crippen LogP contribution in [0, 0.1) is 0 Å². The van der Waals surface area contributed by atoms with Crippen LogP contribution in [0.2, 0.25) is 0 Å². The van der Waals surface area contributed by atoms with Crippen molar-refractivity contribution in [3.63, 3.8) is 0 Å². The molecule has 1 nitrogen and oxygen atoms in total. The van der Waals surface area contributed by atoms with Gasteiger partial charge in [-0.05, 0) is 10.8 Å². The molecule has 17 heavy (non-hydrogen) atoms. The van der Waals surface area contributed by atoms with E-state index in [4.69, 9.17) is 0 Å². The number of benzene rings is 2. The molecule has 0 aromatic heterocycles. The van der Waals surface area contributed by atoms with Gasteiger partial charge >= 0.3 is 0 Å². The molecular weight excluding hydrogens is 208 g/mol. The van der Waals surface area contributed by atoms with Crippen molar-refractivity contribution in [2.75, 3.05) is 14.2 Å². The number of unbranched alkanes of at least 4 members (excludes halogenated alkanes) is 1. The Bertz CT molecular complexity index is 314. The first-order chi connectivity index (χ1) is 8.29. The monoisotopic (exact) mass is 232 g/mol. The van der Waals surface area contributed by atoms with Crippen molar-refractivity contribution in [2.45, 2.75) is 26.7 Å². The Balaban J connectivity index is 0.000000311. The third-order valence-corrected chi connectivity index (χ3v) is 2.16. The Hall–Kier alpha value is -1.34. The Morgan fingerprint density at radius 1 is 0.706 bits per heavy atom. The second-order valence-electron chi connectivity index (χ2n) is 3.76. The maximum absolute atomic E-state index is 4.25. The Morgan fingerprint density at radius 3 is 1.12 bits per heavy atom. The van der Waals surface area contributed by atoms with Crippen molar-refractivity contribution in [1.29, 1.82) is 0 Å². The molecule has 94 valence electrons. The summed E-state index contributed by atoms with van der Waals surface area (Å²) in [6, 6.07) is 16.7. The van der Waals surface area contributed by atoms with E-state index in [1.807, 2.05) is 0 Å². The van der Waals surface area contributed by atoms with Crippen LogP contribution >= 0.6 is 0 Å². The molecule has 0 fully saturated rings. The van der Waals surface area contributed by atoms with Crippen LogP contribution in [-0.4, -0.2) is 14.2 Å². The van der Waals surface area contributed by atoms with E-state index in [0.29, 0.717) is 0 Å². The molecule has 0 aliphatic rings. The molecule has 0 saturated carbocycles. The first kappa shape index (κ1) is 15.7. The lowest BCUT2D eigenvalue weighted by Gasteiger charge is -1.92. The second kappa shape index (κ2) is 11.2. The quantitative estimate of drug-likeness (QED) is 0.679. The highest BCUT2D eigenvalue weighted by molar-refractivity contribution is 5.81. The summed E-state index contributed by atoms with van der Waals surface area (Å²) >= 11 is 0. The van der Waals surface area contributed by atoms with Gasteiger partial charge in [-0.3, -0.25) is 0 Å².